The first-order valence-corrected chi connectivity index (χ1v) is 14.1. The summed E-state index contributed by atoms with van der Waals surface area (Å²) in [6.45, 7) is -0.503. The highest BCUT2D eigenvalue weighted by molar-refractivity contribution is 5.87. The number of benzene rings is 3. The molecule has 1 aliphatic rings. The van der Waals surface area contributed by atoms with Crippen LogP contribution in [0, 0.1) is 0 Å². The van der Waals surface area contributed by atoms with E-state index in [1.165, 1.54) is 51.7 Å². The molecule has 14 heteroatoms. The highest BCUT2D eigenvalue weighted by Gasteiger charge is 2.45. The minimum absolute atomic E-state index is 0.0334. The van der Waals surface area contributed by atoms with Crippen LogP contribution in [0.4, 0.5) is 0 Å². The summed E-state index contributed by atoms with van der Waals surface area (Å²) in [7, 11) is 4.21. The van der Waals surface area contributed by atoms with Gasteiger partial charge in [-0.05, 0) is 35.9 Å². The minimum Gasteiger partial charge on any atom is -0.507 e. The number of carbonyl (C=O) groups is 1. The van der Waals surface area contributed by atoms with Crippen molar-refractivity contribution in [3.63, 3.8) is 0 Å². The number of esters is 1. The van der Waals surface area contributed by atoms with Crippen LogP contribution in [-0.2, 0) is 14.3 Å². The van der Waals surface area contributed by atoms with Gasteiger partial charge in [0.15, 0.2) is 16.9 Å². The topological polar surface area (TPSA) is 204 Å². The van der Waals surface area contributed by atoms with E-state index < -0.39 is 54.5 Å². The van der Waals surface area contributed by atoms with Crippen LogP contribution in [0.15, 0.2) is 69.9 Å². The van der Waals surface area contributed by atoms with Crippen LogP contribution in [0.25, 0.3) is 28.4 Å². The number of aliphatic hydroxyl groups excluding tert-OH is 3. The Labute approximate surface area is 267 Å². The molecule has 5 N–H and O–H groups in total. The zero-order chi connectivity index (χ0) is 33.8. The zero-order valence-corrected chi connectivity index (χ0v) is 25.4. The number of hydrogen-bond acceptors (Lipinski definition) is 14. The van der Waals surface area contributed by atoms with E-state index in [-0.39, 0.29) is 39.7 Å². The van der Waals surface area contributed by atoms with Gasteiger partial charge in [-0.25, -0.2) is 4.79 Å². The fraction of sp³-hybridized carbons (Fsp3) is 0.273. The molecule has 5 rings (SSSR count). The third kappa shape index (κ3) is 7.10. The number of methoxy groups -OCH3 is 3. The van der Waals surface area contributed by atoms with E-state index in [4.69, 9.17) is 32.8 Å². The van der Waals surface area contributed by atoms with Crippen molar-refractivity contribution in [2.24, 2.45) is 0 Å². The summed E-state index contributed by atoms with van der Waals surface area (Å²) in [5.74, 6) is -0.878. The molecular formula is C33H32O14. The van der Waals surface area contributed by atoms with Crippen molar-refractivity contribution in [2.45, 2.75) is 30.7 Å². The molecule has 1 fully saturated rings. The molecule has 47 heavy (non-hydrogen) atoms. The Morgan fingerprint density at radius 1 is 0.851 bits per heavy atom. The second kappa shape index (κ2) is 14.0. The summed E-state index contributed by atoms with van der Waals surface area (Å²) in [4.78, 5) is 25.3. The predicted octanol–water partition coefficient (Wildman–Crippen LogP) is 2.34. The molecule has 0 aliphatic carbocycles. The van der Waals surface area contributed by atoms with Gasteiger partial charge in [0.2, 0.25) is 12.0 Å². The Morgan fingerprint density at radius 2 is 1.53 bits per heavy atom. The molecule has 0 bridgehead atoms. The Morgan fingerprint density at radius 3 is 2.17 bits per heavy atom. The molecular weight excluding hydrogens is 620 g/mol. The minimum atomic E-state index is -1.76. The standard InChI is InChI=1S/C33H32O14/c1-41-18-7-4-16(5-8-18)6-9-27(36)44-15-26-30(38)31(39)32(40)33(47-26)45-19-12-20(34)28-21(35)14-22(46-23(28)13-19)17-10-24(42-2)29(37)25(11-17)43-3/h4-14,26,30-34,37-40H,15H2,1-3H3/b9-6+/t26-,30-,31+,32-,33-/m1/s1. The Bertz CT molecular complexity index is 1810. The first-order chi connectivity index (χ1) is 22.5. The van der Waals surface area contributed by atoms with Crippen LogP contribution in [0.2, 0.25) is 0 Å². The summed E-state index contributed by atoms with van der Waals surface area (Å²) in [6.07, 6.45) is -5.41. The van der Waals surface area contributed by atoms with Crippen LogP contribution in [0.3, 0.4) is 0 Å². The number of rotatable bonds is 10. The summed E-state index contributed by atoms with van der Waals surface area (Å²) in [5, 5.41) is 52.3. The molecule has 0 amide bonds. The molecule has 1 aliphatic heterocycles. The van der Waals surface area contributed by atoms with Crippen molar-refractivity contribution in [3.8, 4) is 45.8 Å². The molecule has 5 atom stereocenters. The Balaban J connectivity index is 1.34. The smallest absolute Gasteiger partial charge is 0.330 e. The van der Waals surface area contributed by atoms with Crippen LogP contribution >= 0.6 is 0 Å². The van der Waals surface area contributed by atoms with Crippen LogP contribution in [0.1, 0.15) is 5.56 Å². The van der Waals surface area contributed by atoms with Crippen molar-refractivity contribution in [1.82, 2.24) is 0 Å². The SMILES string of the molecule is COc1ccc(/C=C/C(=O)OC[C@H]2O[C@@H](Oc3cc(O)c4c(=O)cc(-c5cc(OC)c(O)c(OC)c5)oc4c3)[C@H](O)[C@@H](O)[C@@H]2O)cc1. The monoisotopic (exact) mass is 652 g/mol. The summed E-state index contributed by atoms with van der Waals surface area (Å²) >= 11 is 0. The maximum Gasteiger partial charge on any atom is 0.330 e. The molecule has 248 valence electrons. The van der Waals surface area contributed by atoms with Gasteiger partial charge in [-0.2, -0.15) is 0 Å². The maximum atomic E-state index is 13.0. The third-order valence-corrected chi connectivity index (χ3v) is 7.39. The second-order valence-corrected chi connectivity index (χ2v) is 10.4. The number of aromatic hydroxyl groups is 2. The molecule has 4 aromatic rings. The third-order valence-electron chi connectivity index (χ3n) is 7.39. The van der Waals surface area contributed by atoms with E-state index in [2.05, 4.69) is 0 Å². The Hall–Kier alpha value is -5.28. The molecule has 1 saturated heterocycles. The number of hydrogen-bond donors (Lipinski definition) is 5. The van der Waals surface area contributed by atoms with Crippen LogP contribution in [0.5, 0.6) is 34.5 Å². The first kappa shape index (κ1) is 33.1. The van der Waals surface area contributed by atoms with Gasteiger partial charge in [0.05, 0.1) is 21.3 Å². The first-order valence-electron chi connectivity index (χ1n) is 14.1. The molecule has 14 nitrogen and oxygen atoms in total. The second-order valence-electron chi connectivity index (χ2n) is 10.4. The fourth-order valence-electron chi connectivity index (χ4n) is 4.87. The van der Waals surface area contributed by atoms with Crippen molar-refractivity contribution in [2.75, 3.05) is 27.9 Å². The van der Waals surface area contributed by atoms with Crippen molar-refractivity contribution in [3.05, 3.63) is 76.5 Å². The number of ether oxygens (including phenoxy) is 6. The van der Waals surface area contributed by atoms with Gasteiger partial charge in [0, 0.05) is 29.8 Å². The predicted molar refractivity (Wildman–Crippen MR) is 165 cm³/mol. The van der Waals surface area contributed by atoms with Gasteiger partial charge in [0.25, 0.3) is 0 Å². The average molecular weight is 653 g/mol. The van der Waals surface area contributed by atoms with Gasteiger partial charge >= 0.3 is 5.97 Å². The molecule has 2 heterocycles. The van der Waals surface area contributed by atoms with Gasteiger partial charge < -0.3 is 58.4 Å². The molecule has 1 aromatic heterocycles. The lowest BCUT2D eigenvalue weighted by Gasteiger charge is -2.39. The van der Waals surface area contributed by atoms with Gasteiger partial charge in [-0.15, -0.1) is 0 Å². The van der Waals surface area contributed by atoms with E-state index in [0.717, 1.165) is 12.1 Å². The quantitative estimate of drug-likeness (QED) is 0.123. The van der Waals surface area contributed by atoms with Gasteiger partial charge in [0.1, 0.15) is 65.0 Å². The lowest BCUT2D eigenvalue weighted by atomic mass is 9.99. The van der Waals surface area contributed by atoms with Crippen LogP contribution < -0.4 is 24.4 Å². The average Bonchev–Trinajstić information content (AvgIpc) is 3.06. The van der Waals surface area contributed by atoms with E-state index >= 15 is 0 Å². The molecule has 0 radical (unpaired) electrons. The van der Waals surface area contributed by atoms with E-state index in [1.54, 1.807) is 24.3 Å². The molecule has 0 saturated carbocycles. The highest BCUT2D eigenvalue weighted by atomic mass is 16.7. The largest absolute Gasteiger partial charge is 0.507 e. The summed E-state index contributed by atoms with van der Waals surface area (Å²) in [6, 6.07) is 13.2. The highest BCUT2D eigenvalue weighted by Crippen LogP contribution is 2.41. The lowest BCUT2D eigenvalue weighted by molar-refractivity contribution is -0.278. The molecule has 3 aromatic carbocycles. The number of carbonyl (C=O) groups excluding carboxylic acids is 1. The number of phenolic OH excluding ortho intramolecular Hbond substituents is 2. The van der Waals surface area contributed by atoms with Gasteiger partial charge in [-0.1, -0.05) is 12.1 Å². The normalized spacial score (nSPS) is 21.0. The van der Waals surface area contributed by atoms with E-state index in [9.17, 15) is 35.1 Å². The zero-order valence-electron chi connectivity index (χ0n) is 25.4. The van der Waals surface area contributed by atoms with E-state index in [1.807, 2.05) is 0 Å². The summed E-state index contributed by atoms with van der Waals surface area (Å²) < 4.78 is 37.9. The van der Waals surface area contributed by atoms with Crippen molar-refractivity contribution >= 4 is 23.0 Å². The van der Waals surface area contributed by atoms with E-state index in [0.29, 0.717) is 16.9 Å². The maximum absolute atomic E-state index is 13.0. The lowest BCUT2D eigenvalue weighted by Crippen LogP contribution is -2.60. The van der Waals surface area contributed by atoms with Crippen molar-refractivity contribution in [1.29, 1.82) is 0 Å². The molecule has 0 unspecified atom stereocenters. The van der Waals surface area contributed by atoms with Crippen molar-refractivity contribution < 1.29 is 63.2 Å². The molecule has 0 spiro atoms. The fourth-order valence-corrected chi connectivity index (χ4v) is 4.87. The number of aliphatic hydroxyl groups is 3. The van der Waals surface area contributed by atoms with Gasteiger partial charge in [-0.3, -0.25) is 4.79 Å². The number of fused-ring (bicyclic) bond motifs is 1. The summed E-state index contributed by atoms with van der Waals surface area (Å²) in [5.41, 5.74) is 0.286. The Kier molecular flexibility index (Phi) is 9.86. The number of phenols is 2. The van der Waals surface area contributed by atoms with Crippen LogP contribution in [-0.4, -0.2) is 90.1 Å².